The van der Waals surface area contributed by atoms with E-state index in [4.69, 9.17) is 5.11 Å². The highest BCUT2D eigenvalue weighted by Crippen LogP contribution is 2.27. The summed E-state index contributed by atoms with van der Waals surface area (Å²) in [6.45, 7) is 2.05. The molecule has 1 heterocycles. The van der Waals surface area contributed by atoms with E-state index < -0.39 is 16.0 Å². The van der Waals surface area contributed by atoms with Crippen LogP contribution in [0.2, 0.25) is 0 Å². The molecule has 1 aliphatic rings. The van der Waals surface area contributed by atoms with Crippen LogP contribution >= 0.6 is 11.3 Å². The van der Waals surface area contributed by atoms with Crippen LogP contribution in [-0.2, 0) is 10.0 Å². The van der Waals surface area contributed by atoms with Crippen molar-refractivity contribution in [2.24, 2.45) is 5.92 Å². The fourth-order valence-corrected chi connectivity index (χ4v) is 4.87. The number of hydrogen-bond donors (Lipinski definition) is 2. The molecule has 0 aliphatic heterocycles. The Morgan fingerprint density at radius 3 is 2.63 bits per heavy atom. The average molecular weight is 303 g/mol. The molecule has 1 fully saturated rings. The van der Waals surface area contributed by atoms with Crippen LogP contribution < -0.4 is 4.72 Å². The molecule has 1 aromatic rings. The third-order valence-electron chi connectivity index (χ3n) is 3.47. The van der Waals surface area contributed by atoms with E-state index in [-0.39, 0.29) is 15.1 Å². The van der Waals surface area contributed by atoms with Crippen LogP contribution in [0.15, 0.2) is 16.3 Å². The summed E-state index contributed by atoms with van der Waals surface area (Å²) in [6.07, 6.45) is 4.04. The number of sulfonamides is 1. The predicted octanol–water partition coefficient (Wildman–Crippen LogP) is 2.30. The molecular formula is C12H17NO4S2. The van der Waals surface area contributed by atoms with Crippen molar-refractivity contribution >= 4 is 27.3 Å². The average Bonchev–Trinajstić information content (AvgIpc) is 2.82. The number of nitrogens with one attached hydrogen (secondary N) is 1. The van der Waals surface area contributed by atoms with Gasteiger partial charge in [-0.3, -0.25) is 0 Å². The molecule has 0 saturated heterocycles. The van der Waals surface area contributed by atoms with Crippen molar-refractivity contribution in [1.29, 1.82) is 0 Å². The highest BCUT2D eigenvalue weighted by molar-refractivity contribution is 7.91. The number of carbonyl (C=O) groups is 1. The summed E-state index contributed by atoms with van der Waals surface area (Å²) >= 11 is 0.788. The first-order valence-corrected chi connectivity index (χ1v) is 8.55. The van der Waals surface area contributed by atoms with Crippen molar-refractivity contribution in [3.8, 4) is 0 Å². The highest BCUT2D eigenvalue weighted by Gasteiger charge is 2.28. The summed E-state index contributed by atoms with van der Waals surface area (Å²) in [5.41, 5.74) is 0. The number of aromatic carboxylic acids is 1. The van der Waals surface area contributed by atoms with Crippen molar-refractivity contribution in [1.82, 2.24) is 4.72 Å². The summed E-state index contributed by atoms with van der Waals surface area (Å²) in [5, 5.41) is 8.82. The van der Waals surface area contributed by atoms with Crippen molar-refractivity contribution in [3.05, 3.63) is 17.0 Å². The monoisotopic (exact) mass is 303 g/mol. The van der Waals surface area contributed by atoms with Gasteiger partial charge in [-0.1, -0.05) is 19.8 Å². The topological polar surface area (TPSA) is 83.5 Å². The van der Waals surface area contributed by atoms with E-state index in [2.05, 4.69) is 4.72 Å². The van der Waals surface area contributed by atoms with Crippen LogP contribution in [0.1, 0.15) is 42.3 Å². The standard InChI is InChI=1S/C12H17NO4S2/c1-8-4-2-3-5-9(8)13-19(16,17)11-7-6-10(18-11)12(14)15/h6-9,13H,2-5H2,1H3,(H,14,15). The van der Waals surface area contributed by atoms with Gasteiger partial charge < -0.3 is 5.11 Å². The zero-order chi connectivity index (χ0) is 14.0. The molecule has 1 aliphatic carbocycles. The molecule has 5 nitrogen and oxygen atoms in total. The van der Waals surface area contributed by atoms with Gasteiger partial charge in [0, 0.05) is 6.04 Å². The molecule has 0 amide bonds. The van der Waals surface area contributed by atoms with Crippen LogP contribution in [-0.4, -0.2) is 25.5 Å². The van der Waals surface area contributed by atoms with Crippen LogP contribution in [0.3, 0.4) is 0 Å². The second-order valence-corrected chi connectivity index (χ2v) is 7.94. The quantitative estimate of drug-likeness (QED) is 0.894. The second-order valence-electron chi connectivity index (χ2n) is 4.91. The molecule has 2 unspecified atom stereocenters. The van der Waals surface area contributed by atoms with Gasteiger partial charge in [0.25, 0.3) is 0 Å². The summed E-state index contributed by atoms with van der Waals surface area (Å²) in [5.74, 6) is -0.778. The Balaban J connectivity index is 2.15. The lowest BCUT2D eigenvalue weighted by Crippen LogP contribution is -2.40. The van der Waals surface area contributed by atoms with Gasteiger partial charge in [-0.15, -0.1) is 11.3 Å². The molecule has 106 valence electrons. The third-order valence-corrected chi connectivity index (χ3v) is 6.53. The van der Waals surface area contributed by atoms with Crippen molar-refractivity contribution in [3.63, 3.8) is 0 Å². The predicted molar refractivity (Wildman–Crippen MR) is 73.0 cm³/mol. The highest BCUT2D eigenvalue weighted by atomic mass is 32.2. The van der Waals surface area contributed by atoms with Gasteiger partial charge in [0.15, 0.2) is 0 Å². The van der Waals surface area contributed by atoms with Crippen molar-refractivity contribution in [2.45, 2.75) is 42.9 Å². The first-order valence-electron chi connectivity index (χ1n) is 6.25. The van der Waals surface area contributed by atoms with Gasteiger partial charge in [0.2, 0.25) is 10.0 Å². The largest absolute Gasteiger partial charge is 0.477 e. The Labute approximate surface area is 116 Å². The number of carboxylic acids is 1. The number of rotatable bonds is 4. The zero-order valence-corrected chi connectivity index (χ0v) is 12.3. The molecule has 19 heavy (non-hydrogen) atoms. The molecule has 0 bridgehead atoms. The molecule has 0 aromatic carbocycles. The Morgan fingerprint density at radius 1 is 1.37 bits per heavy atom. The molecule has 7 heteroatoms. The van der Waals surface area contributed by atoms with Gasteiger partial charge in [0.1, 0.15) is 9.09 Å². The number of carboxylic acid groups (broad SMARTS) is 1. The molecule has 0 radical (unpaired) electrons. The Bertz CT molecular complexity index is 564. The molecule has 2 atom stereocenters. The number of hydrogen-bond acceptors (Lipinski definition) is 4. The van der Waals surface area contributed by atoms with Crippen LogP contribution in [0.5, 0.6) is 0 Å². The third kappa shape index (κ3) is 3.34. The lowest BCUT2D eigenvalue weighted by atomic mass is 9.87. The lowest BCUT2D eigenvalue weighted by molar-refractivity contribution is 0.0702. The summed E-state index contributed by atoms with van der Waals surface area (Å²) in [6, 6.07) is 2.63. The van der Waals surface area contributed by atoms with Gasteiger partial charge in [-0.25, -0.2) is 17.9 Å². The van der Waals surface area contributed by atoms with Crippen LogP contribution in [0, 0.1) is 5.92 Å². The van der Waals surface area contributed by atoms with E-state index in [1.807, 2.05) is 6.92 Å². The Kier molecular flexibility index (Phi) is 4.27. The fraction of sp³-hybridized carbons (Fsp3) is 0.583. The van der Waals surface area contributed by atoms with E-state index in [9.17, 15) is 13.2 Å². The number of thiophene rings is 1. The Hall–Kier alpha value is -0.920. The van der Waals surface area contributed by atoms with E-state index in [0.717, 1.165) is 37.0 Å². The van der Waals surface area contributed by atoms with Crippen LogP contribution in [0.4, 0.5) is 0 Å². The maximum absolute atomic E-state index is 12.2. The molecule has 2 rings (SSSR count). The second kappa shape index (κ2) is 5.60. The van der Waals surface area contributed by atoms with E-state index in [1.165, 1.54) is 12.1 Å². The van der Waals surface area contributed by atoms with Gasteiger partial charge in [0.05, 0.1) is 0 Å². The lowest BCUT2D eigenvalue weighted by Gasteiger charge is -2.28. The zero-order valence-electron chi connectivity index (χ0n) is 10.6. The van der Waals surface area contributed by atoms with E-state index >= 15 is 0 Å². The minimum atomic E-state index is -3.60. The normalized spacial score (nSPS) is 24.3. The fourth-order valence-electron chi connectivity index (χ4n) is 2.33. The molecular weight excluding hydrogens is 286 g/mol. The summed E-state index contributed by atoms with van der Waals surface area (Å²) in [7, 11) is -3.60. The minimum absolute atomic E-state index is 0.0390. The van der Waals surface area contributed by atoms with Gasteiger partial charge in [-0.05, 0) is 30.9 Å². The maximum atomic E-state index is 12.2. The van der Waals surface area contributed by atoms with Gasteiger partial charge in [-0.2, -0.15) is 0 Å². The van der Waals surface area contributed by atoms with E-state index in [0.29, 0.717) is 5.92 Å². The minimum Gasteiger partial charge on any atom is -0.477 e. The van der Waals surface area contributed by atoms with Crippen LogP contribution in [0.25, 0.3) is 0 Å². The first kappa shape index (κ1) is 14.5. The van der Waals surface area contributed by atoms with E-state index in [1.54, 1.807) is 0 Å². The smallest absolute Gasteiger partial charge is 0.345 e. The van der Waals surface area contributed by atoms with Crippen molar-refractivity contribution in [2.75, 3.05) is 0 Å². The molecule has 2 N–H and O–H groups in total. The Morgan fingerprint density at radius 2 is 2.05 bits per heavy atom. The molecule has 1 saturated carbocycles. The summed E-state index contributed by atoms with van der Waals surface area (Å²) < 4.78 is 27.2. The van der Waals surface area contributed by atoms with Crippen molar-refractivity contribution < 1.29 is 18.3 Å². The SMILES string of the molecule is CC1CCCCC1NS(=O)(=O)c1ccc(C(=O)O)s1. The molecule has 1 aromatic heterocycles. The first-order chi connectivity index (χ1) is 8.90. The summed E-state index contributed by atoms with van der Waals surface area (Å²) in [4.78, 5) is 10.8. The maximum Gasteiger partial charge on any atom is 0.345 e. The molecule has 0 spiro atoms. The van der Waals surface area contributed by atoms with Gasteiger partial charge >= 0.3 is 5.97 Å².